The van der Waals surface area contributed by atoms with E-state index >= 15 is 0 Å². The molecule has 1 saturated carbocycles. The number of halogens is 1. The van der Waals surface area contributed by atoms with E-state index in [1.54, 1.807) is 5.57 Å². The predicted octanol–water partition coefficient (Wildman–Crippen LogP) is 3.60. The van der Waals surface area contributed by atoms with Crippen molar-refractivity contribution in [1.29, 1.82) is 0 Å². The normalized spacial score (nSPS) is 33.5. The second-order valence-corrected chi connectivity index (χ2v) is 5.83. The summed E-state index contributed by atoms with van der Waals surface area (Å²) < 4.78 is 1.37. The highest BCUT2D eigenvalue weighted by molar-refractivity contribution is 9.11. The van der Waals surface area contributed by atoms with Gasteiger partial charge in [-0.15, -0.1) is 0 Å². The van der Waals surface area contributed by atoms with Crippen molar-refractivity contribution in [2.75, 3.05) is 0 Å². The van der Waals surface area contributed by atoms with E-state index in [9.17, 15) is 0 Å². The van der Waals surface area contributed by atoms with E-state index in [0.717, 1.165) is 11.7 Å². The molecule has 76 valence electrons. The van der Waals surface area contributed by atoms with Gasteiger partial charge >= 0.3 is 0 Å². The molecule has 1 fully saturated rings. The molecule has 0 unspecified atom stereocenters. The van der Waals surface area contributed by atoms with Crippen LogP contribution in [0.4, 0.5) is 0 Å². The summed E-state index contributed by atoms with van der Waals surface area (Å²) in [6, 6.07) is 0. The molecule has 0 nitrogen and oxygen atoms in total. The first-order valence-electron chi connectivity index (χ1n) is 5.81. The van der Waals surface area contributed by atoms with Crippen LogP contribution in [0.25, 0.3) is 0 Å². The van der Waals surface area contributed by atoms with Gasteiger partial charge in [-0.05, 0) is 36.1 Å². The Hall–Kier alpha value is 0.0249. The SMILES string of the molecule is BC1CCC(C2=CC=C(Br)CC2)CC1. The van der Waals surface area contributed by atoms with Crippen molar-refractivity contribution in [3.8, 4) is 0 Å². The Morgan fingerprint density at radius 3 is 2.36 bits per heavy atom. The van der Waals surface area contributed by atoms with Crippen LogP contribution in [0, 0.1) is 5.92 Å². The maximum Gasteiger partial charge on any atom is 0.105 e. The van der Waals surface area contributed by atoms with Crippen LogP contribution in [0.1, 0.15) is 38.5 Å². The standard InChI is InChI=1S/C12H18BBr/c13-11-5-1-9(2-6-11)10-3-7-12(14)8-4-10/h3,7,9,11H,1-2,4-6,8,13H2. The average molecular weight is 253 g/mol. The Morgan fingerprint density at radius 1 is 1.07 bits per heavy atom. The molecule has 0 bridgehead atoms. The molecule has 2 aliphatic carbocycles. The van der Waals surface area contributed by atoms with Gasteiger partial charge in [0, 0.05) is 0 Å². The van der Waals surface area contributed by atoms with Crippen LogP contribution in [0.2, 0.25) is 5.82 Å². The summed E-state index contributed by atoms with van der Waals surface area (Å²) in [5.41, 5.74) is 1.71. The minimum atomic E-state index is 0.906. The number of hydrogen-bond acceptors (Lipinski definition) is 0. The quantitative estimate of drug-likeness (QED) is 0.626. The van der Waals surface area contributed by atoms with Gasteiger partial charge in [0.15, 0.2) is 0 Å². The zero-order valence-corrected chi connectivity index (χ0v) is 10.5. The van der Waals surface area contributed by atoms with Crippen LogP contribution in [-0.4, -0.2) is 7.85 Å². The summed E-state index contributed by atoms with van der Waals surface area (Å²) in [5, 5.41) is 0. The highest BCUT2D eigenvalue weighted by atomic mass is 79.9. The third-order valence-electron chi connectivity index (χ3n) is 3.67. The largest absolute Gasteiger partial charge is 0.105 e. The fourth-order valence-corrected chi connectivity index (χ4v) is 2.93. The molecular formula is C12H18BBr. The van der Waals surface area contributed by atoms with Gasteiger partial charge < -0.3 is 0 Å². The lowest BCUT2D eigenvalue weighted by Crippen LogP contribution is -2.14. The summed E-state index contributed by atoms with van der Waals surface area (Å²) in [6.45, 7) is 0. The van der Waals surface area contributed by atoms with Crippen LogP contribution >= 0.6 is 15.9 Å². The fraction of sp³-hybridized carbons (Fsp3) is 0.667. The number of hydrogen-bond donors (Lipinski definition) is 0. The van der Waals surface area contributed by atoms with Crippen molar-refractivity contribution < 1.29 is 0 Å². The van der Waals surface area contributed by atoms with Crippen molar-refractivity contribution >= 4 is 23.8 Å². The lowest BCUT2D eigenvalue weighted by molar-refractivity contribution is 0.395. The lowest BCUT2D eigenvalue weighted by Gasteiger charge is -2.29. The lowest BCUT2D eigenvalue weighted by atomic mass is 9.69. The van der Waals surface area contributed by atoms with E-state index in [1.165, 1.54) is 43.0 Å². The predicted molar refractivity (Wildman–Crippen MR) is 68.6 cm³/mol. The summed E-state index contributed by atoms with van der Waals surface area (Å²) in [5.74, 6) is 1.88. The minimum Gasteiger partial charge on any atom is -0.0697 e. The van der Waals surface area contributed by atoms with E-state index in [1.807, 2.05) is 0 Å². The van der Waals surface area contributed by atoms with Gasteiger partial charge in [-0.25, -0.2) is 0 Å². The Balaban J connectivity index is 1.96. The molecule has 0 aromatic heterocycles. The second-order valence-electron chi connectivity index (χ2n) is 4.81. The van der Waals surface area contributed by atoms with E-state index in [-0.39, 0.29) is 0 Å². The van der Waals surface area contributed by atoms with Crippen LogP contribution in [0.3, 0.4) is 0 Å². The summed E-state index contributed by atoms with van der Waals surface area (Å²) in [6.07, 6.45) is 12.8. The zero-order chi connectivity index (χ0) is 9.97. The third-order valence-corrected chi connectivity index (χ3v) is 4.33. The molecule has 0 radical (unpaired) electrons. The van der Waals surface area contributed by atoms with Gasteiger partial charge in [-0.1, -0.05) is 52.3 Å². The maximum absolute atomic E-state index is 3.57. The third kappa shape index (κ3) is 2.53. The Kier molecular flexibility index (Phi) is 3.54. The molecule has 0 saturated heterocycles. The fourth-order valence-electron chi connectivity index (χ4n) is 2.60. The zero-order valence-electron chi connectivity index (χ0n) is 8.93. The minimum absolute atomic E-state index is 0.906. The maximum atomic E-state index is 3.57. The topological polar surface area (TPSA) is 0 Å². The molecule has 0 spiro atoms. The summed E-state index contributed by atoms with van der Waals surface area (Å²) >= 11 is 3.57. The highest BCUT2D eigenvalue weighted by Crippen LogP contribution is 2.38. The summed E-state index contributed by atoms with van der Waals surface area (Å²) in [7, 11) is 2.39. The molecule has 0 N–H and O–H groups in total. The monoisotopic (exact) mass is 252 g/mol. The van der Waals surface area contributed by atoms with E-state index in [2.05, 4.69) is 35.9 Å². The summed E-state index contributed by atoms with van der Waals surface area (Å²) in [4.78, 5) is 0. The number of rotatable bonds is 1. The first kappa shape index (κ1) is 10.5. The van der Waals surface area contributed by atoms with E-state index in [0.29, 0.717) is 0 Å². The van der Waals surface area contributed by atoms with E-state index < -0.39 is 0 Å². The van der Waals surface area contributed by atoms with Gasteiger partial charge in [0.1, 0.15) is 7.85 Å². The smallest absolute Gasteiger partial charge is 0.0697 e. The molecule has 0 aliphatic heterocycles. The van der Waals surface area contributed by atoms with Crippen molar-refractivity contribution in [2.24, 2.45) is 5.92 Å². The van der Waals surface area contributed by atoms with Crippen molar-refractivity contribution in [2.45, 2.75) is 44.3 Å². The Morgan fingerprint density at radius 2 is 1.79 bits per heavy atom. The van der Waals surface area contributed by atoms with Gasteiger partial charge in [-0.2, -0.15) is 0 Å². The highest BCUT2D eigenvalue weighted by Gasteiger charge is 2.21. The van der Waals surface area contributed by atoms with Gasteiger partial charge in [0.25, 0.3) is 0 Å². The molecule has 14 heavy (non-hydrogen) atoms. The number of allylic oxidation sites excluding steroid dienone is 4. The molecule has 2 rings (SSSR count). The first-order valence-corrected chi connectivity index (χ1v) is 6.60. The molecule has 0 amide bonds. The van der Waals surface area contributed by atoms with Crippen molar-refractivity contribution in [1.82, 2.24) is 0 Å². The molecular weight excluding hydrogens is 235 g/mol. The molecule has 2 heteroatoms. The Bertz CT molecular complexity index is 259. The molecule has 0 heterocycles. The van der Waals surface area contributed by atoms with Crippen LogP contribution < -0.4 is 0 Å². The van der Waals surface area contributed by atoms with Crippen molar-refractivity contribution in [3.05, 3.63) is 22.2 Å². The molecule has 0 atom stereocenters. The first-order chi connectivity index (χ1) is 6.75. The molecule has 0 aromatic rings. The van der Waals surface area contributed by atoms with E-state index in [4.69, 9.17) is 0 Å². The van der Waals surface area contributed by atoms with Gasteiger partial charge in [0.05, 0.1) is 0 Å². The average Bonchev–Trinajstić information content (AvgIpc) is 2.21. The molecule has 0 aromatic carbocycles. The van der Waals surface area contributed by atoms with Crippen LogP contribution in [-0.2, 0) is 0 Å². The van der Waals surface area contributed by atoms with Gasteiger partial charge in [-0.3, -0.25) is 0 Å². The van der Waals surface area contributed by atoms with Crippen LogP contribution in [0.15, 0.2) is 22.2 Å². The second kappa shape index (κ2) is 4.70. The Labute approximate surface area is 96.4 Å². The molecule has 2 aliphatic rings. The van der Waals surface area contributed by atoms with Gasteiger partial charge in [0.2, 0.25) is 0 Å². The van der Waals surface area contributed by atoms with Crippen molar-refractivity contribution in [3.63, 3.8) is 0 Å². The van der Waals surface area contributed by atoms with Crippen LogP contribution in [0.5, 0.6) is 0 Å².